The fourth-order valence-corrected chi connectivity index (χ4v) is 4.00. The number of nitrogens with one attached hydrogen (secondary N) is 3. The lowest BCUT2D eigenvalue weighted by molar-refractivity contribution is -0.116. The second kappa shape index (κ2) is 9.08. The first-order chi connectivity index (χ1) is 15.6. The minimum atomic E-state index is -0.460. The number of halogens is 2. The van der Waals surface area contributed by atoms with Crippen LogP contribution in [0, 0.1) is 0 Å². The molecule has 9 heteroatoms. The van der Waals surface area contributed by atoms with E-state index in [9.17, 15) is 9.59 Å². The average Bonchev–Trinajstić information content (AvgIpc) is 3.07. The molecule has 2 aromatic rings. The van der Waals surface area contributed by atoms with Crippen LogP contribution in [0.15, 0.2) is 59.7 Å². The standard InChI is InChI=1S/C24H25Cl2N5O2/c1-24(2,3)19-13-20(29-23(33)28-18-6-4-5-17(25)22(18)26)31(30-19)16-8-7-14-12-21(32)27-10-9-15(14)11-16/h4-8,11-13,16H,9-10H2,1-3H3,(H,27,32)(H2,28,29,33). The van der Waals surface area contributed by atoms with E-state index in [2.05, 4.69) is 42.8 Å². The van der Waals surface area contributed by atoms with E-state index in [1.54, 1.807) is 29.0 Å². The van der Waals surface area contributed by atoms with Gasteiger partial charge in [-0.2, -0.15) is 5.10 Å². The van der Waals surface area contributed by atoms with Gasteiger partial charge in [0.2, 0.25) is 5.91 Å². The largest absolute Gasteiger partial charge is 0.352 e. The molecule has 172 valence electrons. The molecular formula is C24H25Cl2N5O2. The van der Waals surface area contributed by atoms with Crippen molar-refractivity contribution in [1.82, 2.24) is 15.1 Å². The highest BCUT2D eigenvalue weighted by Gasteiger charge is 2.25. The van der Waals surface area contributed by atoms with Crippen molar-refractivity contribution < 1.29 is 9.59 Å². The molecule has 0 fully saturated rings. The van der Waals surface area contributed by atoms with E-state index >= 15 is 0 Å². The molecule has 0 saturated heterocycles. The number of benzene rings is 1. The number of fused-ring (bicyclic) bond motifs is 1. The third kappa shape index (κ3) is 5.15. The SMILES string of the molecule is CC(C)(C)c1cc(NC(=O)Nc2cccc(Cl)c2Cl)n(C2C=CC3=CC(=O)NCCC3=C2)n1. The molecule has 33 heavy (non-hydrogen) atoms. The zero-order valence-corrected chi connectivity index (χ0v) is 20.1. The van der Waals surface area contributed by atoms with E-state index in [-0.39, 0.29) is 22.4 Å². The van der Waals surface area contributed by atoms with Crippen LogP contribution in [0.5, 0.6) is 0 Å². The molecule has 2 heterocycles. The van der Waals surface area contributed by atoms with Gasteiger partial charge in [0, 0.05) is 24.1 Å². The maximum atomic E-state index is 12.8. The van der Waals surface area contributed by atoms with E-state index in [0.29, 0.717) is 23.1 Å². The molecule has 3 N–H and O–H groups in total. The van der Waals surface area contributed by atoms with E-state index < -0.39 is 6.03 Å². The molecule has 4 rings (SSSR count). The van der Waals surface area contributed by atoms with Crippen LogP contribution >= 0.6 is 23.2 Å². The van der Waals surface area contributed by atoms with Crippen molar-refractivity contribution >= 4 is 46.6 Å². The Morgan fingerprint density at radius 3 is 2.79 bits per heavy atom. The first-order valence-electron chi connectivity index (χ1n) is 10.6. The van der Waals surface area contributed by atoms with Crippen LogP contribution in [0.2, 0.25) is 10.0 Å². The minimum absolute atomic E-state index is 0.0932. The fourth-order valence-electron chi connectivity index (χ4n) is 3.65. The van der Waals surface area contributed by atoms with E-state index in [0.717, 1.165) is 23.3 Å². The van der Waals surface area contributed by atoms with Gasteiger partial charge in [-0.1, -0.05) is 68.3 Å². The van der Waals surface area contributed by atoms with E-state index in [4.69, 9.17) is 28.3 Å². The zero-order chi connectivity index (χ0) is 23.8. The third-order valence-electron chi connectivity index (χ3n) is 5.42. The van der Waals surface area contributed by atoms with Gasteiger partial charge >= 0.3 is 6.03 Å². The summed E-state index contributed by atoms with van der Waals surface area (Å²) in [7, 11) is 0. The first kappa shape index (κ1) is 23.1. The summed E-state index contributed by atoms with van der Waals surface area (Å²) in [6.45, 7) is 6.76. The smallest absolute Gasteiger partial charge is 0.324 e. The molecule has 2 aliphatic rings. The number of carbonyl (C=O) groups is 2. The second-order valence-electron chi connectivity index (χ2n) is 8.97. The highest BCUT2D eigenvalue weighted by Crippen LogP contribution is 2.33. The van der Waals surface area contributed by atoms with Crippen molar-refractivity contribution in [3.8, 4) is 0 Å². The van der Waals surface area contributed by atoms with Gasteiger partial charge in [0.1, 0.15) is 5.82 Å². The average molecular weight is 486 g/mol. The van der Waals surface area contributed by atoms with Gasteiger partial charge in [0.15, 0.2) is 0 Å². The predicted molar refractivity (Wildman–Crippen MR) is 132 cm³/mol. The second-order valence-corrected chi connectivity index (χ2v) is 9.76. The Morgan fingerprint density at radius 1 is 1.24 bits per heavy atom. The summed E-state index contributed by atoms with van der Waals surface area (Å²) in [5.74, 6) is 0.446. The Kier molecular flexibility index (Phi) is 6.36. The lowest BCUT2D eigenvalue weighted by Gasteiger charge is -2.20. The summed E-state index contributed by atoms with van der Waals surface area (Å²) >= 11 is 12.3. The lowest BCUT2D eigenvalue weighted by Crippen LogP contribution is -2.23. The monoisotopic (exact) mass is 485 g/mol. The van der Waals surface area contributed by atoms with Crippen molar-refractivity contribution in [2.45, 2.75) is 38.6 Å². The molecule has 3 amide bonds. The van der Waals surface area contributed by atoms with Crippen LogP contribution in [-0.2, 0) is 10.2 Å². The maximum Gasteiger partial charge on any atom is 0.324 e. The molecule has 0 bridgehead atoms. The summed E-state index contributed by atoms with van der Waals surface area (Å²) < 4.78 is 1.78. The van der Waals surface area contributed by atoms with Gasteiger partial charge in [-0.15, -0.1) is 0 Å². The molecule has 1 aliphatic carbocycles. The molecule has 0 spiro atoms. The van der Waals surface area contributed by atoms with Crippen molar-refractivity contribution in [1.29, 1.82) is 0 Å². The van der Waals surface area contributed by atoms with Gasteiger partial charge in [0.25, 0.3) is 0 Å². The van der Waals surface area contributed by atoms with Gasteiger partial charge in [-0.3, -0.25) is 10.1 Å². The lowest BCUT2D eigenvalue weighted by atomic mass is 9.92. The number of anilines is 2. The first-order valence-corrected chi connectivity index (χ1v) is 11.4. The Morgan fingerprint density at radius 2 is 2.03 bits per heavy atom. The zero-order valence-electron chi connectivity index (χ0n) is 18.6. The van der Waals surface area contributed by atoms with Gasteiger partial charge in [-0.05, 0) is 29.7 Å². The number of allylic oxidation sites excluding steroid dienone is 4. The molecule has 0 radical (unpaired) electrons. The number of urea groups is 1. The van der Waals surface area contributed by atoms with Crippen molar-refractivity contribution in [3.63, 3.8) is 0 Å². The predicted octanol–water partition coefficient (Wildman–Crippen LogP) is 5.62. The summed E-state index contributed by atoms with van der Waals surface area (Å²) in [5.41, 5.74) is 2.99. The summed E-state index contributed by atoms with van der Waals surface area (Å²) in [4.78, 5) is 24.6. The number of hydrogen-bond acceptors (Lipinski definition) is 3. The van der Waals surface area contributed by atoms with Crippen molar-refractivity contribution in [2.24, 2.45) is 0 Å². The molecule has 1 aromatic heterocycles. The molecule has 7 nitrogen and oxygen atoms in total. The minimum Gasteiger partial charge on any atom is -0.352 e. The topological polar surface area (TPSA) is 88.0 Å². The van der Waals surface area contributed by atoms with Gasteiger partial charge in [-0.25, -0.2) is 9.48 Å². The Bertz CT molecular complexity index is 1200. The highest BCUT2D eigenvalue weighted by atomic mass is 35.5. The summed E-state index contributed by atoms with van der Waals surface area (Å²) in [6.07, 6.45) is 8.30. The van der Waals surface area contributed by atoms with Crippen LogP contribution in [0.25, 0.3) is 0 Å². The molecule has 0 saturated carbocycles. The maximum absolute atomic E-state index is 12.8. The Hall–Kier alpha value is -3.03. The number of amides is 3. The normalized spacial score (nSPS) is 18.0. The Balaban J connectivity index is 1.64. The fraction of sp³-hybridized carbons (Fsp3) is 0.292. The van der Waals surface area contributed by atoms with Crippen molar-refractivity contribution in [2.75, 3.05) is 17.2 Å². The number of nitrogens with zero attached hydrogens (tertiary/aromatic N) is 2. The highest BCUT2D eigenvalue weighted by molar-refractivity contribution is 6.44. The molecule has 1 unspecified atom stereocenters. The van der Waals surface area contributed by atoms with Crippen LogP contribution in [0.1, 0.15) is 38.9 Å². The Labute approximate surface area is 202 Å². The van der Waals surface area contributed by atoms with Crippen LogP contribution in [0.3, 0.4) is 0 Å². The molecule has 1 aliphatic heterocycles. The van der Waals surface area contributed by atoms with Gasteiger partial charge in [0.05, 0.1) is 27.5 Å². The van der Waals surface area contributed by atoms with Crippen LogP contribution in [-0.4, -0.2) is 28.3 Å². The van der Waals surface area contributed by atoms with E-state index in [1.807, 2.05) is 18.2 Å². The third-order valence-corrected chi connectivity index (χ3v) is 6.24. The number of aromatic nitrogens is 2. The molecule has 1 atom stereocenters. The molecular weight excluding hydrogens is 461 g/mol. The summed E-state index contributed by atoms with van der Waals surface area (Å²) in [5, 5.41) is 13.9. The summed E-state index contributed by atoms with van der Waals surface area (Å²) in [6, 6.07) is 6.23. The van der Waals surface area contributed by atoms with Gasteiger partial charge < -0.3 is 10.6 Å². The van der Waals surface area contributed by atoms with Crippen LogP contribution < -0.4 is 16.0 Å². The quantitative estimate of drug-likeness (QED) is 0.527. The number of carbonyl (C=O) groups excluding carboxylic acids is 2. The number of hydrogen-bond donors (Lipinski definition) is 3. The van der Waals surface area contributed by atoms with Crippen molar-refractivity contribution in [3.05, 3.63) is 75.5 Å². The molecule has 1 aromatic carbocycles. The van der Waals surface area contributed by atoms with E-state index in [1.165, 1.54) is 0 Å². The van der Waals surface area contributed by atoms with Crippen LogP contribution in [0.4, 0.5) is 16.3 Å². The number of rotatable bonds is 3.